The van der Waals surface area contributed by atoms with E-state index in [0.717, 1.165) is 11.8 Å². The minimum absolute atomic E-state index is 0.321. The van der Waals surface area contributed by atoms with Crippen molar-refractivity contribution in [3.05, 3.63) is 0 Å². The van der Waals surface area contributed by atoms with Crippen LogP contribution in [0.3, 0.4) is 0 Å². The van der Waals surface area contributed by atoms with Gasteiger partial charge in [0.05, 0.1) is 0 Å². The molecule has 0 radical (unpaired) electrons. The number of fused-ring (bicyclic) bond motifs is 1. The summed E-state index contributed by atoms with van der Waals surface area (Å²) < 4.78 is 0. The van der Waals surface area contributed by atoms with Gasteiger partial charge in [-0.25, -0.2) is 0 Å². The topological polar surface area (TPSA) is 13.0 Å². The Labute approximate surface area is 181 Å². The Bertz CT molecular complexity index is 559. The van der Waals surface area contributed by atoms with Gasteiger partial charge in [-0.1, -0.05) is 0 Å². The van der Waals surface area contributed by atoms with Crippen molar-refractivity contribution >= 4 is 0 Å². The maximum Gasteiger partial charge on any atom is 0.0168 e. The van der Waals surface area contributed by atoms with Crippen molar-refractivity contribution in [1.29, 1.82) is 0 Å². The first-order valence-corrected chi connectivity index (χ1v) is 12.6. The third kappa shape index (κ3) is 4.42. The lowest BCUT2D eigenvalue weighted by molar-refractivity contribution is 0.0842. The van der Waals surface area contributed by atoms with Gasteiger partial charge in [-0.15, -0.1) is 0 Å². The largest absolute Gasteiger partial charge is 0.300 e. The van der Waals surface area contributed by atoms with Crippen molar-refractivity contribution in [3.63, 3.8) is 0 Å². The minimum atomic E-state index is 0.321. The fraction of sp³-hybridized carbons (Fsp3) is 1.00. The van der Waals surface area contributed by atoms with Crippen LogP contribution in [0.2, 0.25) is 0 Å². The van der Waals surface area contributed by atoms with E-state index in [1.807, 2.05) is 0 Å². The summed E-state index contributed by atoms with van der Waals surface area (Å²) in [5.74, 6) is 1.81. The van der Waals surface area contributed by atoms with Crippen LogP contribution < -0.4 is 0 Å². The fourth-order valence-electron chi connectivity index (χ4n) is 7.02. The molecule has 29 heavy (non-hydrogen) atoms. The van der Waals surface area contributed by atoms with Gasteiger partial charge in [-0.05, 0) is 98.1 Å². The number of rotatable bonds is 6. The number of hydrogen-bond acceptors (Lipinski definition) is 4. The number of hydrogen-bond donors (Lipinski definition) is 0. The maximum absolute atomic E-state index is 2.85. The molecule has 4 rings (SSSR count). The highest BCUT2D eigenvalue weighted by Gasteiger charge is 2.47. The predicted molar refractivity (Wildman–Crippen MR) is 123 cm³/mol. The van der Waals surface area contributed by atoms with E-state index in [1.54, 1.807) is 0 Å². The summed E-state index contributed by atoms with van der Waals surface area (Å²) in [6.45, 7) is 27.6. The summed E-state index contributed by atoms with van der Waals surface area (Å²) in [5, 5.41) is 0. The Kier molecular flexibility index (Phi) is 6.14. The second kappa shape index (κ2) is 8.07. The van der Waals surface area contributed by atoms with E-state index in [4.69, 9.17) is 0 Å². The Morgan fingerprint density at radius 1 is 0.759 bits per heavy atom. The summed E-state index contributed by atoms with van der Waals surface area (Å²) in [5.41, 5.74) is 0.912. The standard InChI is InChI=1S/C25H48N4/c1-19(2)26-10-8-25(17-26)9-11-27(18-25)21(5)12-24(6,7)29-15-22-13-28(20(3)4)14-23(22)16-29/h19-23H,8-18H2,1-7H3. The fourth-order valence-corrected chi connectivity index (χ4v) is 7.02. The van der Waals surface area contributed by atoms with E-state index >= 15 is 0 Å². The first kappa shape index (κ1) is 22.0. The summed E-state index contributed by atoms with van der Waals surface area (Å²) in [6, 6.07) is 2.12. The molecule has 4 heteroatoms. The first-order valence-electron chi connectivity index (χ1n) is 12.6. The van der Waals surface area contributed by atoms with Crippen LogP contribution in [0.4, 0.5) is 0 Å². The molecule has 168 valence electrons. The highest BCUT2D eigenvalue weighted by molar-refractivity contribution is 5.02. The van der Waals surface area contributed by atoms with Gasteiger partial charge in [-0.2, -0.15) is 0 Å². The van der Waals surface area contributed by atoms with Crippen LogP contribution in [0.25, 0.3) is 0 Å². The zero-order chi connectivity index (χ0) is 21.0. The Morgan fingerprint density at radius 3 is 1.79 bits per heavy atom. The van der Waals surface area contributed by atoms with Crippen molar-refractivity contribution < 1.29 is 0 Å². The average molecular weight is 405 g/mol. The van der Waals surface area contributed by atoms with Crippen molar-refractivity contribution in [1.82, 2.24) is 19.6 Å². The lowest BCUT2D eigenvalue weighted by atomic mass is 9.86. The monoisotopic (exact) mass is 404 g/mol. The van der Waals surface area contributed by atoms with Gasteiger partial charge in [0.1, 0.15) is 0 Å². The normalized spacial score (nSPS) is 36.3. The van der Waals surface area contributed by atoms with Gasteiger partial charge in [-0.3, -0.25) is 9.80 Å². The molecular formula is C25H48N4. The molecule has 4 nitrogen and oxygen atoms in total. The zero-order valence-electron chi connectivity index (χ0n) is 20.5. The maximum atomic E-state index is 2.85. The van der Waals surface area contributed by atoms with Gasteiger partial charge < -0.3 is 9.80 Å². The van der Waals surface area contributed by atoms with Crippen molar-refractivity contribution in [2.45, 2.75) is 91.4 Å². The van der Waals surface area contributed by atoms with E-state index in [9.17, 15) is 0 Å². The molecule has 0 aromatic rings. The second-order valence-electron chi connectivity index (χ2n) is 12.4. The van der Waals surface area contributed by atoms with E-state index in [-0.39, 0.29) is 0 Å². The molecule has 0 N–H and O–H groups in total. The average Bonchev–Trinajstić information content (AvgIpc) is 3.37. The van der Waals surface area contributed by atoms with E-state index in [0.29, 0.717) is 29.1 Å². The molecule has 0 bridgehead atoms. The van der Waals surface area contributed by atoms with E-state index in [2.05, 4.69) is 68.1 Å². The molecule has 4 aliphatic rings. The number of likely N-dealkylation sites (tertiary alicyclic amines) is 4. The van der Waals surface area contributed by atoms with Gasteiger partial charge in [0.2, 0.25) is 0 Å². The molecule has 1 spiro atoms. The Balaban J connectivity index is 1.29. The van der Waals surface area contributed by atoms with Crippen LogP contribution in [0.1, 0.15) is 67.7 Å². The van der Waals surface area contributed by atoms with Gasteiger partial charge in [0, 0.05) is 62.9 Å². The van der Waals surface area contributed by atoms with Crippen LogP contribution in [0, 0.1) is 17.3 Å². The van der Waals surface area contributed by atoms with Crippen LogP contribution in [-0.2, 0) is 0 Å². The highest BCUT2D eigenvalue weighted by Crippen LogP contribution is 2.42. The van der Waals surface area contributed by atoms with Gasteiger partial charge in [0.25, 0.3) is 0 Å². The summed E-state index contributed by atoms with van der Waals surface area (Å²) in [7, 11) is 0. The third-order valence-corrected chi connectivity index (χ3v) is 9.19. The minimum Gasteiger partial charge on any atom is -0.300 e. The first-order chi connectivity index (χ1) is 13.6. The summed E-state index contributed by atoms with van der Waals surface area (Å²) >= 11 is 0. The van der Waals surface area contributed by atoms with Crippen LogP contribution in [-0.4, -0.2) is 95.6 Å². The molecule has 4 unspecified atom stereocenters. The lowest BCUT2D eigenvalue weighted by Gasteiger charge is -2.41. The van der Waals surface area contributed by atoms with Crippen LogP contribution >= 0.6 is 0 Å². The molecule has 0 aliphatic carbocycles. The molecule has 0 aromatic carbocycles. The van der Waals surface area contributed by atoms with Crippen molar-refractivity contribution in [2.24, 2.45) is 17.3 Å². The summed E-state index contributed by atoms with van der Waals surface area (Å²) in [6.07, 6.45) is 4.14. The predicted octanol–water partition coefficient (Wildman–Crippen LogP) is 3.62. The Hall–Kier alpha value is -0.160. The van der Waals surface area contributed by atoms with Gasteiger partial charge >= 0.3 is 0 Å². The highest BCUT2D eigenvalue weighted by atomic mass is 15.3. The van der Waals surface area contributed by atoms with Crippen molar-refractivity contribution in [3.8, 4) is 0 Å². The van der Waals surface area contributed by atoms with Crippen LogP contribution in [0.5, 0.6) is 0 Å². The molecule has 4 atom stereocenters. The smallest absolute Gasteiger partial charge is 0.0168 e. The lowest BCUT2D eigenvalue weighted by Crippen LogP contribution is -2.49. The molecule has 4 heterocycles. The molecular weight excluding hydrogens is 356 g/mol. The SMILES string of the molecule is CC(C)N1CC2CN(C(C)(C)CC(C)N3CCC4(CCN(C(C)C)C4)C3)CC2C1. The molecule has 0 amide bonds. The van der Waals surface area contributed by atoms with Crippen LogP contribution in [0.15, 0.2) is 0 Å². The number of nitrogens with zero attached hydrogens (tertiary/aromatic N) is 4. The second-order valence-corrected chi connectivity index (χ2v) is 12.4. The molecule has 0 saturated carbocycles. The molecule has 4 fully saturated rings. The quantitative estimate of drug-likeness (QED) is 0.670. The van der Waals surface area contributed by atoms with Crippen molar-refractivity contribution in [2.75, 3.05) is 52.4 Å². The molecule has 4 aliphatic heterocycles. The third-order valence-electron chi connectivity index (χ3n) is 9.19. The molecule has 0 aromatic heterocycles. The zero-order valence-corrected chi connectivity index (χ0v) is 20.5. The van der Waals surface area contributed by atoms with Gasteiger partial charge in [0.15, 0.2) is 0 Å². The summed E-state index contributed by atoms with van der Waals surface area (Å²) in [4.78, 5) is 11.1. The van der Waals surface area contributed by atoms with E-state index < -0.39 is 0 Å². The molecule has 4 saturated heterocycles. The van der Waals surface area contributed by atoms with E-state index in [1.165, 1.54) is 71.6 Å². The Morgan fingerprint density at radius 2 is 1.28 bits per heavy atom.